The zero-order valence-corrected chi connectivity index (χ0v) is 15.0. The number of aromatic nitrogens is 4. The van der Waals surface area contributed by atoms with Crippen molar-refractivity contribution in [1.82, 2.24) is 30.3 Å². The third-order valence-corrected chi connectivity index (χ3v) is 4.11. The van der Waals surface area contributed by atoms with Crippen molar-refractivity contribution in [2.75, 3.05) is 44.7 Å². The van der Waals surface area contributed by atoms with Crippen LogP contribution in [0.4, 0.5) is 10.7 Å². The summed E-state index contributed by atoms with van der Waals surface area (Å²) in [5.74, 6) is 2.38. The molecular formula is C16H23N7O3. The van der Waals surface area contributed by atoms with Crippen LogP contribution in [0.25, 0.3) is 0 Å². The van der Waals surface area contributed by atoms with E-state index in [1.807, 2.05) is 11.8 Å². The highest BCUT2D eigenvalue weighted by Gasteiger charge is 2.22. The molecule has 3 rings (SSSR count). The van der Waals surface area contributed by atoms with Crippen LogP contribution in [0.5, 0.6) is 5.88 Å². The molecule has 0 unspecified atom stereocenters. The fourth-order valence-electron chi connectivity index (χ4n) is 2.64. The number of ether oxygens (including phenoxy) is 1. The average molecular weight is 361 g/mol. The third kappa shape index (κ3) is 4.38. The highest BCUT2D eigenvalue weighted by atomic mass is 16.5. The number of hydrogen-bond donors (Lipinski definition) is 1. The molecule has 0 bridgehead atoms. The number of carbonyl (C=O) groups is 1. The number of carbonyl (C=O) groups excluding carboxylic acids is 1. The molecule has 0 aromatic carbocycles. The molecule has 140 valence electrons. The molecule has 0 aliphatic carbocycles. The van der Waals surface area contributed by atoms with Crippen LogP contribution in [0.3, 0.4) is 0 Å². The van der Waals surface area contributed by atoms with Gasteiger partial charge in [-0.3, -0.25) is 0 Å². The molecule has 26 heavy (non-hydrogen) atoms. The van der Waals surface area contributed by atoms with Gasteiger partial charge in [0.1, 0.15) is 0 Å². The number of nitrogens with one attached hydrogen (secondary N) is 1. The van der Waals surface area contributed by atoms with Gasteiger partial charge in [0.25, 0.3) is 0 Å². The summed E-state index contributed by atoms with van der Waals surface area (Å²) < 4.78 is 10.2. The van der Waals surface area contributed by atoms with Crippen molar-refractivity contribution in [1.29, 1.82) is 0 Å². The van der Waals surface area contributed by atoms with E-state index >= 15 is 0 Å². The topological polar surface area (TPSA) is 110 Å². The van der Waals surface area contributed by atoms with E-state index < -0.39 is 0 Å². The Morgan fingerprint density at radius 1 is 1.31 bits per heavy atom. The Labute approximate surface area is 151 Å². The summed E-state index contributed by atoms with van der Waals surface area (Å²) in [5.41, 5.74) is 0. The molecule has 0 saturated carbocycles. The van der Waals surface area contributed by atoms with Crippen molar-refractivity contribution >= 4 is 12.0 Å². The van der Waals surface area contributed by atoms with Crippen molar-refractivity contribution in [3.63, 3.8) is 0 Å². The smallest absolute Gasteiger partial charge is 0.317 e. The van der Waals surface area contributed by atoms with E-state index in [4.69, 9.17) is 9.26 Å². The van der Waals surface area contributed by atoms with E-state index in [9.17, 15) is 4.79 Å². The van der Waals surface area contributed by atoms with Gasteiger partial charge >= 0.3 is 6.03 Å². The second-order valence-corrected chi connectivity index (χ2v) is 5.81. The van der Waals surface area contributed by atoms with Gasteiger partial charge in [0.15, 0.2) is 5.82 Å². The quantitative estimate of drug-likeness (QED) is 0.792. The zero-order chi connectivity index (χ0) is 18.4. The second kappa shape index (κ2) is 8.45. The summed E-state index contributed by atoms with van der Waals surface area (Å²) in [6, 6.07) is 1.62. The first-order valence-electron chi connectivity index (χ1n) is 8.65. The van der Waals surface area contributed by atoms with Gasteiger partial charge in [0.05, 0.1) is 7.11 Å². The molecule has 0 atom stereocenters. The van der Waals surface area contributed by atoms with Crippen molar-refractivity contribution < 1.29 is 14.1 Å². The number of urea groups is 1. The monoisotopic (exact) mass is 361 g/mol. The number of hydrogen-bond acceptors (Lipinski definition) is 8. The lowest BCUT2D eigenvalue weighted by Gasteiger charge is -2.34. The molecule has 2 amide bonds. The third-order valence-electron chi connectivity index (χ3n) is 4.11. The summed E-state index contributed by atoms with van der Waals surface area (Å²) in [4.78, 5) is 28.9. The summed E-state index contributed by atoms with van der Waals surface area (Å²) >= 11 is 0. The molecule has 1 N–H and O–H groups in total. The first-order chi connectivity index (χ1) is 12.7. The van der Waals surface area contributed by atoms with Crippen molar-refractivity contribution in [2.45, 2.75) is 19.8 Å². The van der Waals surface area contributed by atoms with E-state index in [0.29, 0.717) is 69.1 Å². The van der Waals surface area contributed by atoms with Crippen LogP contribution in [-0.2, 0) is 12.8 Å². The predicted octanol–water partition coefficient (Wildman–Crippen LogP) is 0.505. The number of amides is 2. The summed E-state index contributed by atoms with van der Waals surface area (Å²) in [7, 11) is 1.58. The maximum Gasteiger partial charge on any atom is 0.317 e. The molecule has 0 radical (unpaired) electrons. The molecule has 10 nitrogen and oxygen atoms in total. The lowest BCUT2D eigenvalue weighted by atomic mass is 10.3. The second-order valence-electron chi connectivity index (χ2n) is 5.81. The molecule has 1 aliphatic heterocycles. The minimum Gasteiger partial charge on any atom is -0.481 e. The minimum atomic E-state index is -0.0876. The minimum absolute atomic E-state index is 0.0876. The number of aryl methyl sites for hydroxylation is 1. The lowest BCUT2D eigenvalue weighted by molar-refractivity contribution is 0.194. The average Bonchev–Trinajstić information content (AvgIpc) is 3.16. The van der Waals surface area contributed by atoms with E-state index in [1.54, 1.807) is 24.3 Å². The van der Waals surface area contributed by atoms with Crippen molar-refractivity contribution in [2.24, 2.45) is 0 Å². The largest absolute Gasteiger partial charge is 0.481 e. The maximum absolute atomic E-state index is 12.3. The Balaban J connectivity index is 1.43. The number of nitrogens with zero attached hydrogens (tertiary/aromatic N) is 6. The van der Waals surface area contributed by atoms with E-state index in [-0.39, 0.29) is 6.03 Å². The van der Waals surface area contributed by atoms with Crippen LogP contribution < -0.4 is 15.0 Å². The van der Waals surface area contributed by atoms with Crippen LogP contribution in [-0.4, -0.2) is 70.9 Å². The van der Waals surface area contributed by atoms with Gasteiger partial charge in [-0.05, 0) is 0 Å². The first kappa shape index (κ1) is 17.9. The van der Waals surface area contributed by atoms with Crippen LogP contribution >= 0.6 is 0 Å². The SMILES string of the molecule is CCc1nc(CCNC(=O)N2CCN(c3nccc(OC)n3)CC2)no1. The highest BCUT2D eigenvalue weighted by molar-refractivity contribution is 5.74. The Morgan fingerprint density at radius 3 is 2.81 bits per heavy atom. The predicted molar refractivity (Wildman–Crippen MR) is 93.1 cm³/mol. The van der Waals surface area contributed by atoms with Gasteiger partial charge in [-0.1, -0.05) is 12.1 Å². The lowest BCUT2D eigenvalue weighted by Crippen LogP contribution is -2.52. The van der Waals surface area contributed by atoms with Crippen LogP contribution in [0.1, 0.15) is 18.6 Å². The molecule has 2 aromatic heterocycles. The Hall–Kier alpha value is -2.91. The number of piperazine rings is 1. The number of anilines is 1. The molecular weight excluding hydrogens is 338 g/mol. The molecule has 1 fully saturated rings. The van der Waals surface area contributed by atoms with Crippen molar-refractivity contribution in [3.8, 4) is 5.88 Å². The van der Waals surface area contributed by atoms with Gasteiger partial charge < -0.3 is 24.4 Å². The van der Waals surface area contributed by atoms with Gasteiger partial charge in [-0.25, -0.2) is 9.78 Å². The van der Waals surface area contributed by atoms with Crippen molar-refractivity contribution in [3.05, 3.63) is 24.0 Å². The summed E-state index contributed by atoms with van der Waals surface area (Å²) in [6.45, 7) is 4.98. The number of rotatable bonds is 6. The molecule has 1 aliphatic rings. The Kier molecular flexibility index (Phi) is 5.82. The van der Waals surface area contributed by atoms with Crippen LogP contribution in [0, 0.1) is 0 Å². The van der Waals surface area contributed by atoms with Gasteiger partial charge in [-0.15, -0.1) is 0 Å². The van der Waals surface area contributed by atoms with E-state index in [1.165, 1.54) is 0 Å². The molecule has 1 saturated heterocycles. The zero-order valence-electron chi connectivity index (χ0n) is 15.0. The fourth-order valence-corrected chi connectivity index (χ4v) is 2.64. The normalized spacial score (nSPS) is 14.4. The fraction of sp³-hybridized carbons (Fsp3) is 0.562. The number of methoxy groups -OCH3 is 1. The maximum atomic E-state index is 12.3. The van der Waals surface area contributed by atoms with Gasteiger partial charge in [-0.2, -0.15) is 9.97 Å². The van der Waals surface area contributed by atoms with Gasteiger partial charge in [0.2, 0.25) is 17.7 Å². The van der Waals surface area contributed by atoms with E-state index in [2.05, 4.69) is 25.4 Å². The molecule has 0 spiro atoms. The van der Waals surface area contributed by atoms with Gasteiger partial charge in [0, 0.05) is 57.8 Å². The molecule has 3 heterocycles. The molecule has 2 aromatic rings. The van der Waals surface area contributed by atoms with E-state index in [0.717, 1.165) is 0 Å². The van der Waals surface area contributed by atoms with Crippen LogP contribution in [0.2, 0.25) is 0 Å². The first-order valence-corrected chi connectivity index (χ1v) is 8.65. The Bertz CT molecular complexity index is 728. The summed E-state index contributed by atoms with van der Waals surface area (Å²) in [6.07, 6.45) is 2.93. The standard InChI is InChI=1S/C16H23N7O3/c1-3-13-19-12(21-26-13)4-6-18-16(24)23-10-8-22(9-11-23)15-17-7-5-14(20-15)25-2/h5,7H,3-4,6,8-11H2,1-2H3,(H,18,24). The molecule has 10 heteroatoms. The summed E-state index contributed by atoms with van der Waals surface area (Å²) in [5, 5.41) is 6.77. The van der Waals surface area contributed by atoms with Crippen LogP contribution in [0.15, 0.2) is 16.8 Å². The Morgan fingerprint density at radius 2 is 2.12 bits per heavy atom. The highest BCUT2D eigenvalue weighted by Crippen LogP contribution is 2.14.